The minimum absolute atomic E-state index is 0.173. The summed E-state index contributed by atoms with van der Waals surface area (Å²) in [5, 5.41) is 5.78. The van der Waals surface area contributed by atoms with E-state index in [-0.39, 0.29) is 11.8 Å². The first-order valence-electron chi connectivity index (χ1n) is 9.18. The maximum absolute atomic E-state index is 12.5. The van der Waals surface area contributed by atoms with Crippen LogP contribution in [0.25, 0.3) is 0 Å². The smallest absolute Gasteiger partial charge is 0.255 e. The van der Waals surface area contributed by atoms with Gasteiger partial charge in [-0.15, -0.1) is 0 Å². The van der Waals surface area contributed by atoms with Gasteiger partial charge in [0.25, 0.3) is 11.8 Å². The lowest BCUT2D eigenvalue weighted by atomic mass is 10.1. The molecule has 2 N–H and O–H groups in total. The van der Waals surface area contributed by atoms with E-state index in [4.69, 9.17) is 4.74 Å². The summed E-state index contributed by atoms with van der Waals surface area (Å²) >= 11 is 0. The molecule has 3 rings (SSSR count). The largest absolute Gasteiger partial charge is 0.379 e. The zero-order valence-corrected chi connectivity index (χ0v) is 15.5. The van der Waals surface area contributed by atoms with E-state index < -0.39 is 0 Å². The van der Waals surface area contributed by atoms with E-state index >= 15 is 0 Å². The van der Waals surface area contributed by atoms with Crippen molar-refractivity contribution >= 4 is 17.5 Å². The van der Waals surface area contributed by atoms with Gasteiger partial charge in [-0.2, -0.15) is 0 Å². The first-order chi connectivity index (χ1) is 13.1. The first-order valence-corrected chi connectivity index (χ1v) is 9.18. The number of nitrogens with one attached hydrogen (secondary N) is 2. The Hall–Kier alpha value is -2.70. The number of benzene rings is 2. The molecule has 0 aliphatic carbocycles. The van der Waals surface area contributed by atoms with E-state index in [2.05, 4.69) is 15.5 Å². The second-order valence-electron chi connectivity index (χ2n) is 6.61. The number of aryl methyl sites for hydroxylation is 1. The molecule has 27 heavy (non-hydrogen) atoms. The average molecular weight is 367 g/mol. The topological polar surface area (TPSA) is 70.7 Å². The van der Waals surface area contributed by atoms with Crippen LogP contribution in [0.5, 0.6) is 0 Å². The molecule has 2 aromatic rings. The molecule has 1 aliphatic heterocycles. The zero-order valence-electron chi connectivity index (χ0n) is 15.5. The Kier molecular flexibility index (Phi) is 6.57. The molecule has 0 bridgehead atoms. The van der Waals surface area contributed by atoms with Crippen LogP contribution in [-0.2, 0) is 4.74 Å². The summed E-state index contributed by atoms with van der Waals surface area (Å²) in [5.74, 6) is -0.406. The van der Waals surface area contributed by atoms with Gasteiger partial charge in [0, 0.05) is 43.0 Å². The molecule has 0 spiro atoms. The van der Waals surface area contributed by atoms with Crippen molar-refractivity contribution in [3.05, 3.63) is 65.2 Å². The van der Waals surface area contributed by atoms with Gasteiger partial charge in [0.1, 0.15) is 0 Å². The lowest BCUT2D eigenvalue weighted by Crippen LogP contribution is -2.41. The Labute approximate surface area is 159 Å². The fraction of sp³-hybridized carbons (Fsp3) is 0.333. The molecule has 1 aliphatic rings. The minimum Gasteiger partial charge on any atom is -0.379 e. The molecular formula is C21H25N3O3. The van der Waals surface area contributed by atoms with Crippen molar-refractivity contribution in [3.63, 3.8) is 0 Å². The van der Waals surface area contributed by atoms with Crippen molar-refractivity contribution in [1.82, 2.24) is 10.2 Å². The molecule has 1 saturated heterocycles. The normalized spacial score (nSPS) is 14.6. The van der Waals surface area contributed by atoms with E-state index in [1.165, 1.54) is 0 Å². The summed E-state index contributed by atoms with van der Waals surface area (Å²) in [6.45, 7) is 6.60. The molecule has 2 aromatic carbocycles. The molecular weight excluding hydrogens is 342 g/mol. The summed E-state index contributed by atoms with van der Waals surface area (Å²) in [6, 6.07) is 14.4. The maximum Gasteiger partial charge on any atom is 0.255 e. The van der Waals surface area contributed by atoms with Gasteiger partial charge in [0.2, 0.25) is 0 Å². The fourth-order valence-electron chi connectivity index (χ4n) is 2.98. The second kappa shape index (κ2) is 9.30. The third-order valence-electron chi connectivity index (χ3n) is 4.48. The molecule has 2 amide bonds. The van der Waals surface area contributed by atoms with Gasteiger partial charge >= 0.3 is 0 Å². The van der Waals surface area contributed by atoms with Gasteiger partial charge in [-0.3, -0.25) is 14.5 Å². The van der Waals surface area contributed by atoms with Crippen LogP contribution in [0, 0.1) is 6.92 Å². The van der Waals surface area contributed by atoms with Crippen LogP contribution in [0.4, 0.5) is 5.69 Å². The van der Waals surface area contributed by atoms with Gasteiger partial charge in [-0.05, 0) is 42.8 Å². The quantitative estimate of drug-likeness (QED) is 0.822. The van der Waals surface area contributed by atoms with E-state index in [1.807, 2.05) is 31.2 Å². The predicted octanol–water partition coefficient (Wildman–Crippen LogP) is 2.31. The third-order valence-corrected chi connectivity index (χ3v) is 4.48. The van der Waals surface area contributed by atoms with E-state index in [9.17, 15) is 9.59 Å². The summed E-state index contributed by atoms with van der Waals surface area (Å²) in [5.41, 5.74) is 2.74. The van der Waals surface area contributed by atoms with Crippen molar-refractivity contribution in [2.75, 3.05) is 44.7 Å². The molecule has 1 fully saturated rings. The SMILES string of the molecule is Cc1cccc(NC(=O)c2cccc(C(=O)NCCN3CCOCC3)c2)c1. The van der Waals surface area contributed by atoms with Crippen molar-refractivity contribution in [3.8, 4) is 0 Å². The van der Waals surface area contributed by atoms with Crippen molar-refractivity contribution in [2.24, 2.45) is 0 Å². The second-order valence-corrected chi connectivity index (χ2v) is 6.61. The molecule has 6 nitrogen and oxygen atoms in total. The van der Waals surface area contributed by atoms with E-state index in [0.717, 1.165) is 44.1 Å². The summed E-state index contributed by atoms with van der Waals surface area (Å²) in [4.78, 5) is 27.1. The summed E-state index contributed by atoms with van der Waals surface area (Å²) in [7, 11) is 0. The number of anilines is 1. The minimum atomic E-state index is -0.233. The molecule has 0 atom stereocenters. The van der Waals surface area contributed by atoms with Crippen LogP contribution < -0.4 is 10.6 Å². The van der Waals surface area contributed by atoms with Crippen LogP contribution in [0.1, 0.15) is 26.3 Å². The molecule has 6 heteroatoms. The molecule has 0 aromatic heterocycles. The maximum atomic E-state index is 12.5. The van der Waals surface area contributed by atoms with Crippen LogP contribution in [0.2, 0.25) is 0 Å². The highest BCUT2D eigenvalue weighted by molar-refractivity contribution is 6.06. The van der Waals surface area contributed by atoms with Crippen LogP contribution in [-0.4, -0.2) is 56.1 Å². The number of ether oxygens (including phenoxy) is 1. The Morgan fingerprint density at radius 3 is 2.44 bits per heavy atom. The lowest BCUT2D eigenvalue weighted by molar-refractivity contribution is 0.0383. The number of amides is 2. The predicted molar refractivity (Wildman–Crippen MR) is 105 cm³/mol. The van der Waals surface area contributed by atoms with Gasteiger partial charge in [0.05, 0.1) is 13.2 Å². The monoisotopic (exact) mass is 367 g/mol. The molecule has 0 saturated carbocycles. The highest BCUT2D eigenvalue weighted by atomic mass is 16.5. The summed E-state index contributed by atoms with van der Waals surface area (Å²) in [6.07, 6.45) is 0. The van der Waals surface area contributed by atoms with Crippen molar-refractivity contribution in [2.45, 2.75) is 6.92 Å². The van der Waals surface area contributed by atoms with Crippen LogP contribution in [0.15, 0.2) is 48.5 Å². The molecule has 0 radical (unpaired) electrons. The van der Waals surface area contributed by atoms with E-state index in [1.54, 1.807) is 24.3 Å². The Morgan fingerprint density at radius 2 is 1.70 bits per heavy atom. The molecule has 0 unspecified atom stereocenters. The van der Waals surface area contributed by atoms with Crippen LogP contribution in [0.3, 0.4) is 0 Å². The average Bonchev–Trinajstić information content (AvgIpc) is 2.69. The highest BCUT2D eigenvalue weighted by Crippen LogP contribution is 2.12. The molecule has 142 valence electrons. The van der Waals surface area contributed by atoms with Gasteiger partial charge in [-0.1, -0.05) is 18.2 Å². The Balaban J connectivity index is 1.55. The van der Waals surface area contributed by atoms with Crippen molar-refractivity contribution in [1.29, 1.82) is 0 Å². The zero-order chi connectivity index (χ0) is 19.1. The molecule has 1 heterocycles. The number of morpholine rings is 1. The van der Waals surface area contributed by atoms with Gasteiger partial charge in [-0.25, -0.2) is 0 Å². The van der Waals surface area contributed by atoms with Gasteiger partial charge < -0.3 is 15.4 Å². The lowest BCUT2D eigenvalue weighted by Gasteiger charge is -2.26. The van der Waals surface area contributed by atoms with Crippen molar-refractivity contribution < 1.29 is 14.3 Å². The first kappa shape index (κ1) is 19.1. The fourth-order valence-corrected chi connectivity index (χ4v) is 2.98. The number of hydrogen-bond donors (Lipinski definition) is 2. The van der Waals surface area contributed by atoms with E-state index in [0.29, 0.717) is 17.7 Å². The van der Waals surface area contributed by atoms with Gasteiger partial charge in [0.15, 0.2) is 0 Å². The Morgan fingerprint density at radius 1 is 1.00 bits per heavy atom. The number of carbonyl (C=O) groups excluding carboxylic acids is 2. The third kappa shape index (κ3) is 5.64. The number of carbonyl (C=O) groups is 2. The standard InChI is InChI=1S/C21H25N3O3/c1-16-4-2-7-19(14-16)23-21(26)18-6-3-5-17(15-18)20(25)22-8-9-24-10-12-27-13-11-24/h2-7,14-15H,8-13H2,1H3,(H,22,25)(H,23,26). The Bertz CT molecular complexity index is 801. The number of hydrogen-bond acceptors (Lipinski definition) is 4. The summed E-state index contributed by atoms with van der Waals surface area (Å²) < 4.78 is 5.31. The highest BCUT2D eigenvalue weighted by Gasteiger charge is 2.13. The van der Waals surface area contributed by atoms with Crippen LogP contribution >= 0.6 is 0 Å². The number of nitrogens with zero attached hydrogens (tertiary/aromatic N) is 1. The number of rotatable bonds is 6.